The SMILES string of the molecule is O=C(COC(=O)CCCN1C(=O)NC2(CCCC2)C1=O)Nc1ccc(F)c(F)c1. The highest BCUT2D eigenvalue weighted by molar-refractivity contribution is 6.07. The Labute approximate surface area is 165 Å². The molecule has 2 fully saturated rings. The summed E-state index contributed by atoms with van der Waals surface area (Å²) in [5, 5.41) is 5.03. The molecule has 4 amide bonds. The van der Waals surface area contributed by atoms with Gasteiger partial charge in [0.15, 0.2) is 18.2 Å². The molecule has 1 aliphatic carbocycles. The zero-order valence-electron chi connectivity index (χ0n) is 15.6. The molecule has 1 aliphatic heterocycles. The quantitative estimate of drug-likeness (QED) is 0.530. The molecular formula is C19H21F2N3O5. The lowest BCUT2D eigenvalue weighted by molar-refractivity contribution is -0.147. The number of carbonyl (C=O) groups is 4. The van der Waals surface area contributed by atoms with Crippen molar-refractivity contribution in [1.29, 1.82) is 0 Å². The molecule has 1 saturated carbocycles. The average Bonchev–Trinajstić information content (AvgIpc) is 3.23. The number of benzene rings is 1. The molecule has 1 spiro atoms. The van der Waals surface area contributed by atoms with Crippen molar-refractivity contribution >= 4 is 29.5 Å². The first-order valence-corrected chi connectivity index (χ1v) is 9.35. The molecule has 0 radical (unpaired) electrons. The molecule has 156 valence electrons. The van der Waals surface area contributed by atoms with Crippen LogP contribution in [0.2, 0.25) is 0 Å². The van der Waals surface area contributed by atoms with Crippen molar-refractivity contribution in [2.24, 2.45) is 0 Å². The van der Waals surface area contributed by atoms with Gasteiger partial charge in [-0.3, -0.25) is 19.3 Å². The van der Waals surface area contributed by atoms with E-state index in [0.717, 1.165) is 29.9 Å². The Bertz CT molecular complexity index is 839. The van der Waals surface area contributed by atoms with Gasteiger partial charge in [0.1, 0.15) is 5.54 Å². The summed E-state index contributed by atoms with van der Waals surface area (Å²) >= 11 is 0. The van der Waals surface area contributed by atoms with Crippen LogP contribution in [0.3, 0.4) is 0 Å². The van der Waals surface area contributed by atoms with Crippen molar-refractivity contribution in [2.75, 3.05) is 18.5 Å². The second-order valence-corrected chi connectivity index (χ2v) is 7.12. The first-order valence-electron chi connectivity index (χ1n) is 9.35. The Morgan fingerprint density at radius 1 is 1.17 bits per heavy atom. The van der Waals surface area contributed by atoms with Gasteiger partial charge < -0.3 is 15.4 Å². The van der Waals surface area contributed by atoms with Gasteiger partial charge in [0, 0.05) is 24.7 Å². The minimum Gasteiger partial charge on any atom is -0.456 e. The van der Waals surface area contributed by atoms with Gasteiger partial charge in [-0.1, -0.05) is 12.8 Å². The smallest absolute Gasteiger partial charge is 0.325 e. The van der Waals surface area contributed by atoms with E-state index in [1.165, 1.54) is 6.07 Å². The van der Waals surface area contributed by atoms with Crippen molar-refractivity contribution in [2.45, 2.75) is 44.1 Å². The highest BCUT2D eigenvalue weighted by Gasteiger charge is 2.52. The predicted molar refractivity (Wildman–Crippen MR) is 96.6 cm³/mol. The van der Waals surface area contributed by atoms with Crippen molar-refractivity contribution in [1.82, 2.24) is 10.2 Å². The molecule has 2 aliphatic rings. The molecule has 1 saturated heterocycles. The topological polar surface area (TPSA) is 105 Å². The summed E-state index contributed by atoms with van der Waals surface area (Å²) in [7, 11) is 0. The molecule has 1 aromatic carbocycles. The Morgan fingerprint density at radius 2 is 1.90 bits per heavy atom. The highest BCUT2D eigenvalue weighted by Crippen LogP contribution is 2.35. The summed E-state index contributed by atoms with van der Waals surface area (Å²) in [5.41, 5.74) is -0.750. The summed E-state index contributed by atoms with van der Waals surface area (Å²) in [6.07, 6.45) is 3.16. The molecule has 29 heavy (non-hydrogen) atoms. The van der Waals surface area contributed by atoms with Gasteiger partial charge in [-0.25, -0.2) is 13.6 Å². The van der Waals surface area contributed by atoms with Crippen LogP contribution in [0.15, 0.2) is 18.2 Å². The second-order valence-electron chi connectivity index (χ2n) is 7.12. The molecule has 2 N–H and O–H groups in total. The molecule has 0 bridgehead atoms. The Hall–Kier alpha value is -3.04. The summed E-state index contributed by atoms with van der Waals surface area (Å²) in [5.74, 6) is -3.79. The van der Waals surface area contributed by atoms with Crippen LogP contribution in [0, 0.1) is 11.6 Å². The van der Waals surface area contributed by atoms with Gasteiger partial charge in [0.05, 0.1) is 0 Å². The lowest BCUT2D eigenvalue weighted by Crippen LogP contribution is -2.44. The van der Waals surface area contributed by atoms with E-state index in [4.69, 9.17) is 4.74 Å². The maximum Gasteiger partial charge on any atom is 0.325 e. The number of nitrogens with zero attached hydrogens (tertiary/aromatic N) is 1. The number of amides is 4. The number of anilines is 1. The lowest BCUT2D eigenvalue weighted by Gasteiger charge is -2.19. The number of hydrogen-bond acceptors (Lipinski definition) is 5. The fourth-order valence-electron chi connectivity index (χ4n) is 3.57. The monoisotopic (exact) mass is 409 g/mol. The van der Waals surface area contributed by atoms with Crippen molar-refractivity contribution in [3.05, 3.63) is 29.8 Å². The summed E-state index contributed by atoms with van der Waals surface area (Å²) in [4.78, 5) is 49.1. The number of hydrogen-bond donors (Lipinski definition) is 2. The van der Waals surface area contributed by atoms with E-state index in [1.54, 1.807) is 0 Å². The van der Waals surface area contributed by atoms with Gasteiger partial charge >= 0.3 is 12.0 Å². The number of esters is 1. The number of halogens is 2. The molecular weight excluding hydrogens is 388 g/mol. The fourth-order valence-corrected chi connectivity index (χ4v) is 3.57. The molecule has 10 heteroatoms. The third-order valence-corrected chi connectivity index (χ3v) is 5.03. The molecule has 1 aromatic rings. The highest BCUT2D eigenvalue weighted by atomic mass is 19.2. The van der Waals surface area contributed by atoms with Crippen LogP contribution in [0.4, 0.5) is 19.3 Å². The second kappa shape index (κ2) is 8.54. The number of rotatable bonds is 7. The molecule has 1 heterocycles. The minimum absolute atomic E-state index is 0.0318. The number of ether oxygens (including phenoxy) is 1. The van der Waals surface area contributed by atoms with E-state index in [9.17, 15) is 28.0 Å². The number of carbonyl (C=O) groups excluding carboxylic acids is 4. The van der Waals surface area contributed by atoms with Crippen LogP contribution in [0.5, 0.6) is 0 Å². The fraction of sp³-hybridized carbons (Fsp3) is 0.474. The van der Waals surface area contributed by atoms with Crippen LogP contribution < -0.4 is 10.6 Å². The van der Waals surface area contributed by atoms with Crippen LogP contribution in [-0.2, 0) is 19.1 Å². The normalized spacial score (nSPS) is 17.5. The van der Waals surface area contributed by atoms with E-state index in [-0.39, 0.29) is 31.0 Å². The van der Waals surface area contributed by atoms with Gasteiger partial charge in [0.25, 0.3) is 11.8 Å². The van der Waals surface area contributed by atoms with Crippen LogP contribution in [0.1, 0.15) is 38.5 Å². The Balaban J connectivity index is 1.38. The maximum absolute atomic E-state index is 13.1. The zero-order chi connectivity index (χ0) is 21.0. The minimum atomic E-state index is -1.11. The molecule has 0 aromatic heterocycles. The van der Waals surface area contributed by atoms with E-state index in [2.05, 4.69) is 10.6 Å². The first kappa shape index (κ1) is 20.7. The van der Waals surface area contributed by atoms with Gasteiger partial charge in [-0.15, -0.1) is 0 Å². The van der Waals surface area contributed by atoms with Crippen LogP contribution >= 0.6 is 0 Å². The standard InChI is InChI=1S/C19H21F2N3O5/c20-13-6-5-12(10-14(13)21)22-15(25)11-29-16(26)4-3-9-24-17(27)19(23-18(24)28)7-1-2-8-19/h5-6,10H,1-4,7-9,11H2,(H,22,25)(H,23,28). The van der Waals surface area contributed by atoms with Crippen LogP contribution in [0.25, 0.3) is 0 Å². The molecule has 0 atom stereocenters. The third kappa shape index (κ3) is 4.69. The van der Waals surface area contributed by atoms with Crippen molar-refractivity contribution < 1.29 is 32.7 Å². The maximum atomic E-state index is 13.1. The summed E-state index contributed by atoms with van der Waals surface area (Å²) in [6.45, 7) is -0.507. The van der Waals surface area contributed by atoms with Gasteiger partial charge in [-0.2, -0.15) is 0 Å². The van der Waals surface area contributed by atoms with Crippen molar-refractivity contribution in [3.8, 4) is 0 Å². The van der Waals surface area contributed by atoms with Crippen LogP contribution in [-0.4, -0.2) is 47.4 Å². The van der Waals surface area contributed by atoms with Gasteiger partial charge in [-0.05, 0) is 31.4 Å². The molecule has 8 nitrogen and oxygen atoms in total. The molecule has 3 rings (SSSR count). The van der Waals surface area contributed by atoms with E-state index in [0.29, 0.717) is 12.8 Å². The first-order chi connectivity index (χ1) is 13.8. The number of urea groups is 1. The largest absolute Gasteiger partial charge is 0.456 e. The number of imide groups is 1. The average molecular weight is 409 g/mol. The lowest BCUT2D eigenvalue weighted by atomic mass is 9.98. The predicted octanol–water partition coefficient (Wildman–Crippen LogP) is 2.09. The van der Waals surface area contributed by atoms with E-state index < -0.39 is 41.7 Å². The Kier molecular flexibility index (Phi) is 6.09. The zero-order valence-corrected chi connectivity index (χ0v) is 15.6. The number of nitrogens with one attached hydrogen (secondary N) is 2. The molecule has 0 unspecified atom stereocenters. The third-order valence-electron chi connectivity index (χ3n) is 5.03. The summed E-state index contributed by atoms with van der Waals surface area (Å²) in [6, 6.07) is 2.40. The van der Waals surface area contributed by atoms with E-state index >= 15 is 0 Å². The van der Waals surface area contributed by atoms with E-state index in [1.807, 2.05) is 0 Å². The Morgan fingerprint density at radius 3 is 2.59 bits per heavy atom. The van der Waals surface area contributed by atoms with Gasteiger partial charge in [0.2, 0.25) is 0 Å². The van der Waals surface area contributed by atoms with Crippen molar-refractivity contribution in [3.63, 3.8) is 0 Å². The summed E-state index contributed by atoms with van der Waals surface area (Å²) < 4.78 is 30.8.